The molecule has 1 unspecified atom stereocenters. The van der Waals surface area contributed by atoms with Crippen LogP contribution in [0.15, 0.2) is 0 Å². The molecule has 0 bridgehead atoms. The highest BCUT2D eigenvalue weighted by Crippen LogP contribution is 2.18. The molecule has 1 rings (SSSR count). The van der Waals surface area contributed by atoms with E-state index in [1.54, 1.807) is 7.05 Å². The summed E-state index contributed by atoms with van der Waals surface area (Å²) in [6, 6.07) is 0. The maximum atomic E-state index is 10.9. The molecule has 0 aliphatic heterocycles. The first-order chi connectivity index (χ1) is 6.33. The van der Waals surface area contributed by atoms with Crippen LogP contribution in [-0.2, 0) is 4.74 Å². The fraction of sp³-hybridized carbons (Fsp3) is 0.800. The van der Waals surface area contributed by atoms with E-state index >= 15 is 0 Å². The summed E-state index contributed by atoms with van der Waals surface area (Å²) in [5.41, 5.74) is 0. The molecule has 1 fully saturated rings. The largest absolute Gasteiger partial charge is 0.446 e. The number of carbonyl (C=O) groups is 1. The van der Waals surface area contributed by atoms with E-state index in [9.17, 15) is 4.79 Å². The van der Waals surface area contributed by atoms with Crippen LogP contribution in [0, 0.1) is 6.42 Å². The highest BCUT2D eigenvalue weighted by atomic mass is 16.6. The summed E-state index contributed by atoms with van der Waals surface area (Å²) in [4.78, 5) is 10.9. The number of hydrogen-bond donors (Lipinski definition) is 1. The van der Waals surface area contributed by atoms with E-state index in [1.165, 1.54) is 12.8 Å². The smallest absolute Gasteiger partial charge is 0.407 e. The molecule has 3 heteroatoms. The highest BCUT2D eigenvalue weighted by molar-refractivity contribution is 5.66. The molecular formula is C10H18NO2. The van der Waals surface area contributed by atoms with Crippen molar-refractivity contribution in [1.29, 1.82) is 0 Å². The van der Waals surface area contributed by atoms with Gasteiger partial charge < -0.3 is 10.1 Å². The second-order valence-corrected chi connectivity index (χ2v) is 3.43. The van der Waals surface area contributed by atoms with Crippen molar-refractivity contribution in [2.75, 3.05) is 7.05 Å². The number of amides is 1. The minimum atomic E-state index is -0.300. The van der Waals surface area contributed by atoms with Gasteiger partial charge in [0.25, 0.3) is 0 Å². The SMILES string of the molecule is CNC(=O)OC1CC[CH]CCCC1. The molecule has 1 saturated carbocycles. The normalized spacial score (nSPS) is 20.1. The first kappa shape index (κ1) is 10.4. The molecule has 1 aliphatic rings. The van der Waals surface area contributed by atoms with Gasteiger partial charge in [0, 0.05) is 7.05 Å². The van der Waals surface area contributed by atoms with Crippen LogP contribution in [0.25, 0.3) is 0 Å². The van der Waals surface area contributed by atoms with E-state index < -0.39 is 0 Å². The monoisotopic (exact) mass is 184 g/mol. The van der Waals surface area contributed by atoms with Crippen LogP contribution >= 0.6 is 0 Å². The molecule has 0 saturated heterocycles. The van der Waals surface area contributed by atoms with Crippen LogP contribution in [0.2, 0.25) is 0 Å². The molecule has 1 radical (unpaired) electrons. The van der Waals surface area contributed by atoms with Crippen LogP contribution in [-0.4, -0.2) is 19.2 Å². The Hall–Kier alpha value is -0.730. The maximum Gasteiger partial charge on any atom is 0.407 e. The lowest BCUT2D eigenvalue weighted by Gasteiger charge is -2.19. The number of alkyl carbamates (subject to hydrolysis) is 1. The number of ether oxygens (including phenoxy) is 1. The zero-order chi connectivity index (χ0) is 9.52. The molecule has 1 atom stereocenters. The van der Waals surface area contributed by atoms with Gasteiger partial charge >= 0.3 is 6.09 Å². The summed E-state index contributed by atoms with van der Waals surface area (Å²) in [7, 11) is 1.59. The Morgan fingerprint density at radius 3 is 3.00 bits per heavy atom. The molecule has 0 heterocycles. The predicted molar refractivity (Wildman–Crippen MR) is 51.3 cm³/mol. The van der Waals surface area contributed by atoms with Crippen molar-refractivity contribution in [3.05, 3.63) is 6.42 Å². The summed E-state index contributed by atoms with van der Waals surface area (Å²) in [5, 5.41) is 2.48. The molecule has 0 aromatic carbocycles. The fourth-order valence-corrected chi connectivity index (χ4v) is 1.58. The molecule has 13 heavy (non-hydrogen) atoms. The Kier molecular flexibility index (Phi) is 4.65. The van der Waals surface area contributed by atoms with E-state index in [1.807, 2.05) is 0 Å². The summed E-state index contributed by atoms with van der Waals surface area (Å²) in [6.07, 6.45) is 8.79. The van der Waals surface area contributed by atoms with Crippen molar-refractivity contribution < 1.29 is 9.53 Å². The second kappa shape index (κ2) is 5.84. The van der Waals surface area contributed by atoms with Crippen molar-refractivity contribution in [2.24, 2.45) is 0 Å². The van der Waals surface area contributed by atoms with Gasteiger partial charge in [-0.05, 0) is 32.1 Å². The van der Waals surface area contributed by atoms with Crippen molar-refractivity contribution in [2.45, 2.75) is 44.6 Å². The molecule has 1 N–H and O–H groups in total. The molecular weight excluding hydrogens is 166 g/mol. The average molecular weight is 184 g/mol. The van der Waals surface area contributed by atoms with Gasteiger partial charge in [0.05, 0.1) is 0 Å². The molecule has 3 nitrogen and oxygen atoms in total. The van der Waals surface area contributed by atoms with Crippen LogP contribution in [0.4, 0.5) is 4.79 Å². The predicted octanol–water partition coefficient (Wildman–Crippen LogP) is 2.27. The Balaban J connectivity index is 2.25. The van der Waals surface area contributed by atoms with Crippen molar-refractivity contribution in [1.82, 2.24) is 5.32 Å². The topological polar surface area (TPSA) is 38.3 Å². The molecule has 0 aromatic heterocycles. The van der Waals surface area contributed by atoms with Gasteiger partial charge in [0.2, 0.25) is 0 Å². The number of hydrogen-bond acceptors (Lipinski definition) is 2. The molecule has 0 spiro atoms. The van der Waals surface area contributed by atoms with E-state index in [0.29, 0.717) is 0 Å². The Labute approximate surface area is 79.8 Å². The van der Waals surface area contributed by atoms with E-state index in [-0.39, 0.29) is 12.2 Å². The number of rotatable bonds is 1. The van der Waals surface area contributed by atoms with Crippen LogP contribution in [0.1, 0.15) is 38.5 Å². The third-order valence-corrected chi connectivity index (χ3v) is 2.35. The Bertz CT molecular complexity index is 151. The third-order valence-electron chi connectivity index (χ3n) is 2.35. The maximum absolute atomic E-state index is 10.9. The highest BCUT2D eigenvalue weighted by Gasteiger charge is 2.14. The van der Waals surface area contributed by atoms with Gasteiger partial charge in [-0.3, -0.25) is 0 Å². The zero-order valence-corrected chi connectivity index (χ0v) is 8.21. The van der Waals surface area contributed by atoms with Gasteiger partial charge in [0.1, 0.15) is 6.10 Å². The molecule has 1 amide bonds. The van der Waals surface area contributed by atoms with Gasteiger partial charge in [-0.1, -0.05) is 12.8 Å². The van der Waals surface area contributed by atoms with Crippen LogP contribution < -0.4 is 5.32 Å². The first-order valence-corrected chi connectivity index (χ1v) is 5.03. The zero-order valence-electron chi connectivity index (χ0n) is 8.21. The van der Waals surface area contributed by atoms with Gasteiger partial charge in [0.15, 0.2) is 0 Å². The molecule has 1 aliphatic carbocycles. The minimum Gasteiger partial charge on any atom is -0.446 e. The van der Waals surface area contributed by atoms with Crippen molar-refractivity contribution in [3.8, 4) is 0 Å². The Morgan fingerprint density at radius 1 is 1.38 bits per heavy atom. The van der Waals surface area contributed by atoms with Gasteiger partial charge in [-0.15, -0.1) is 0 Å². The molecule has 75 valence electrons. The minimum absolute atomic E-state index is 0.122. The fourth-order valence-electron chi connectivity index (χ4n) is 1.58. The number of nitrogens with one attached hydrogen (secondary N) is 1. The average Bonchev–Trinajstić information content (AvgIpc) is 2.09. The number of carbonyl (C=O) groups excluding carboxylic acids is 1. The van der Waals surface area contributed by atoms with Gasteiger partial charge in [-0.2, -0.15) is 0 Å². The summed E-state index contributed by atoms with van der Waals surface area (Å²) in [5.74, 6) is 0. The lowest BCUT2D eigenvalue weighted by Crippen LogP contribution is -2.26. The third kappa shape index (κ3) is 4.15. The lowest BCUT2D eigenvalue weighted by atomic mass is 9.99. The summed E-state index contributed by atoms with van der Waals surface area (Å²) >= 11 is 0. The second-order valence-electron chi connectivity index (χ2n) is 3.43. The van der Waals surface area contributed by atoms with E-state index in [4.69, 9.17) is 4.74 Å². The van der Waals surface area contributed by atoms with Crippen molar-refractivity contribution >= 4 is 6.09 Å². The van der Waals surface area contributed by atoms with Crippen molar-refractivity contribution in [3.63, 3.8) is 0 Å². The van der Waals surface area contributed by atoms with Crippen LogP contribution in [0.5, 0.6) is 0 Å². The Morgan fingerprint density at radius 2 is 2.23 bits per heavy atom. The van der Waals surface area contributed by atoms with Gasteiger partial charge in [-0.25, -0.2) is 4.79 Å². The van der Waals surface area contributed by atoms with E-state index in [2.05, 4.69) is 11.7 Å². The standard InChI is InChI=1S/C10H18NO2/c1-11-10(12)13-9-7-5-3-2-4-6-8-9/h3,9H,2,4-8H2,1H3,(H,11,12). The lowest BCUT2D eigenvalue weighted by molar-refractivity contribution is 0.0858. The van der Waals surface area contributed by atoms with Crippen LogP contribution in [0.3, 0.4) is 0 Å². The first-order valence-electron chi connectivity index (χ1n) is 5.03. The quantitative estimate of drug-likeness (QED) is 0.679. The summed E-state index contributed by atoms with van der Waals surface area (Å²) in [6.45, 7) is 0. The summed E-state index contributed by atoms with van der Waals surface area (Å²) < 4.78 is 5.21. The van der Waals surface area contributed by atoms with E-state index in [0.717, 1.165) is 25.7 Å². The molecule has 0 aromatic rings.